The summed E-state index contributed by atoms with van der Waals surface area (Å²) in [5, 5.41) is 11.7. The first-order valence-electron chi connectivity index (χ1n) is 7.17. The predicted molar refractivity (Wildman–Crippen MR) is 79.3 cm³/mol. The van der Waals surface area contributed by atoms with Gasteiger partial charge in [0.15, 0.2) is 0 Å². The van der Waals surface area contributed by atoms with Crippen molar-refractivity contribution < 1.29 is 9.90 Å². The molecule has 1 saturated carbocycles. The zero-order valence-electron chi connectivity index (χ0n) is 11.9. The summed E-state index contributed by atoms with van der Waals surface area (Å²) >= 11 is 0. The van der Waals surface area contributed by atoms with E-state index in [0.29, 0.717) is 17.4 Å². The summed E-state index contributed by atoms with van der Waals surface area (Å²) in [7, 11) is 0. The van der Waals surface area contributed by atoms with Crippen LogP contribution in [0.2, 0.25) is 0 Å². The lowest BCUT2D eigenvalue weighted by molar-refractivity contribution is 0.0944. The molecule has 0 bridgehead atoms. The molecule has 3 nitrogen and oxygen atoms in total. The van der Waals surface area contributed by atoms with E-state index in [9.17, 15) is 4.79 Å². The summed E-state index contributed by atoms with van der Waals surface area (Å²) in [4.78, 5) is 12.0. The van der Waals surface area contributed by atoms with Crippen molar-refractivity contribution in [2.24, 2.45) is 5.41 Å². The Bertz CT molecular complexity index is 518. The fraction of sp³-hybridized carbons (Fsp3) is 0.471. The van der Waals surface area contributed by atoms with Crippen LogP contribution >= 0.6 is 0 Å². The van der Waals surface area contributed by atoms with Gasteiger partial charge in [0.25, 0.3) is 5.91 Å². The number of hydrogen-bond donors (Lipinski definition) is 2. The maximum atomic E-state index is 12.0. The molecule has 106 valence electrons. The topological polar surface area (TPSA) is 49.3 Å². The summed E-state index contributed by atoms with van der Waals surface area (Å²) in [6.45, 7) is 3.03. The van der Waals surface area contributed by atoms with E-state index in [4.69, 9.17) is 5.11 Å². The molecule has 20 heavy (non-hydrogen) atoms. The molecule has 1 aliphatic rings. The zero-order valence-corrected chi connectivity index (χ0v) is 11.9. The maximum absolute atomic E-state index is 12.0. The van der Waals surface area contributed by atoms with Crippen molar-refractivity contribution in [3.05, 3.63) is 35.4 Å². The van der Waals surface area contributed by atoms with Crippen molar-refractivity contribution >= 4 is 5.91 Å². The first-order chi connectivity index (χ1) is 9.69. The summed E-state index contributed by atoms with van der Waals surface area (Å²) in [6, 6.07) is 7.27. The smallest absolute Gasteiger partial charge is 0.251 e. The van der Waals surface area contributed by atoms with Crippen molar-refractivity contribution in [1.82, 2.24) is 5.32 Å². The molecule has 0 atom stereocenters. The van der Waals surface area contributed by atoms with Gasteiger partial charge in [0, 0.05) is 24.1 Å². The van der Waals surface area contributed by atoms with E-state index in [0.717, 1.165) is 18.5 Å². The van der Waals surface area contributed by atoms with Crippen LogP contribution in [0.4, 0.5) is 0 Å². The molecule has 1 aromatic carbocycles. The summed E-state index contributed by atoms with van der Waals surface area (Å²) in [6.07, 6.45) is 4.06. The molecule has 0 spiro atoms. The normalized spacial score (nSPS) is 15.1. The molecular formula is C17H21NO2. The van der Waals surface area contributed by atoms with Crippen molar-refractivity contribution in [2.45, 2.75) is 32.6 Å². The van der Waals surface area contributed by atoms with Gasteiger partial charge in [0.2, 0.25) is 0 Å². The second kappa shape index (κ2) is 6.58. The van der Waals surface area contributed by atoms with Gasteiger partial charge in [-0.2, -0.15) is 0 Å². The van der Waals surface area contributed by atoms with E-state index in [2.05, 4.69) is 24.1 Å². The Morgan fingerprint density at radius 2 is 2.05 bits per heavy atom. The van der Waals surface area contributed by atoms with Crippen LogP contribution in [-0.2, 0) is 0 Å². The average molecular weight is 271 g/mol. The molecule has 1 fully saturated rings. The number of aliphatic hydroxyl groups is 1. The Labute approximate surface area is 120 Å². The lowest BCUT2D eigenvalue weighted by Gasteiger charge is -2.13. The number of amides is 1. The van der Waals surface area contributed by atoms with E-state index >= 15 is 0 Å². The number of carbonyl (C=O) groups excluding carboxylic acids is 1. The maximum Gasteiger partial charge on any atom is 0.251 e. The van der Waals surface area contributed by atoms with E-state index < -0.39 is 0 Å². The van der Waals surface area contributed by atoms with Gasteiger partial charge in [-0.15, -0.1) is 0 Å². The first-order valence-corrected chi connectivity index (χ1v) is 7.17. The van der Waals surface area contributed by atoms with Crippen LogP contribution in [0.5, 0.6) is 0 Å². The molecule has 0 heterocycles. The third-order valence-electron chi connectivity index (χ3n) is 3.95. The largest absolute Gasteiger partial charge is 0.395 e. The van der Waals surface area contributed by atoms with Gasteiger partial charge in [-0.3, -0.25) is 4.79 Å². The van der Waals surface area contributed by atoms with Crippen LogP contribution in [0.3, 0.4) is 0 Å². The monoisotopic (exact) mass is 271 g/mol. The predicted octanol–water partition coefficient (Wildman–Crippen LogP) is 2.34. The van der Waals surface area contributed by atoms with Crippen LogP contribution in [0.25, 0.3) is 0 Å². The second-order valence-electron chi connectivity index (χ2n) is 5.39. The van der Waals surface area contributed by atoms with E-state index in [-0.39, 0.29) is 12.5 Å². The highest BCUT2D eigenvalue weighted by Gasteiger charge is 2.40. The van der Waals surface area contributed by atoms with Crippen LogP contribution in [-0.4, -0.2) is 24.2 Å². The van der Waals surface area contributed by atoms with Gasteiger partial charge < -0.3 is 10.4 Å². The molecule has 2 rings (SSSR count). The third-order valence-corrected chi connectivity index (χ3v) is 3.95. The van der Waals surface area contributed by atoms with Crippen LogP contribution < -0.4 is 5.32 Å². The van der Waals surface area contributed by atoms with E-state index in [1.165, 1.54) is 12.8 Å². The Kier molecular flexibility index (Phi) is 4.81. The van der Waals surface area contributed by atoms with Crippen molar-refractivity contribution in [2.75, 3.05) is 13.2 Å². The number of aliphatic hydroxyl groups excluding tert-OH is 1. The highest BCUT2D eigenvalue weighted by molar-refractivity contribution is 5.94. The number of rotatable bonds is 5. The number of benzene rings is 1. The Balaban J connectivity index is 1.89. The van der Waals surface area contributed by atoms with Gasteiger partial charge in [-0.25, -0.2) is 0 Å². The minimum Gasteiger partial charge on any atom is -0.395 e. The second-order valence-corrected chi connectivity index (χ2v) is 5.39. The van der Waals surface area contributed by atoms with Crippen LogP contribution in [0.1, 0.15) is 48.5 Å². The zero-order chi connectivity index (χ0) is 14.4. The van der Waals surface area contributed by atoms with Gasteiger partial charge in [-0.1, -0.05) is 18.8 Å². The highest BCUT2D eigenvalue weighted by Crippen LogP contribution is 2.47. The molecule has 0 aliphatic heterocycles. The molecule has 0 aromatic heterocycles. The molecule has 0 radical (unpaired) electrons. The quantitative estimate of drug-likeness (QED) is 0.808. The van der Waals surface area contributed by atoms with E-state index in [1.807, 2.05) is 12.1 Å². The summed E-state index contributed by atoms with van der Waals surface area (Å²) in [5.41, 5.74) is 1.90. The lowest BCUT2D eigenvalue weighted by Crippen LogP contribution is -2.29. The molecule has 1 amide bonds. The Hall–Kier alpha value is -1.79. The fourth-order valence-corrected chi connectivity index (χ4v) is 2.13. The lowest BCUT2D eigenvalue weighted by atomic mass is 10.0. The molecule has 2 N–H and O–H groups in total. The minimum absolute atomic E-state index is 0.0143. The summed E-state index contributed by atoms with van der Waals surface area (Å²) in [5.74, 6) is 5.79. The fourth-order valence-electron chi connectivity index (χ4n) is 2.13. The SMILES string of the molecule is CCC1(CNC(=O)c2ccc(C#CCCO)cc2)CC1. The van der Waals surface area contributed by atoms with Crippen molar-refractivity contribution in [3.8, 4) is 11.8 Å². The number of nitrogens with one attached hydrogen (secondary N) is 1. The highest BCUT2D eigenvalue weighted by atomic mass is 16.2. The van der Waals surface area contributed by atoms with Crippen molar-refractivity contribution in [1.29, 1.82) is 0 Å². The molecule has 0 unspecified atom stereocenters. The Morgan fingerprint density at radius 1 is 1.35 bits per heavy atom. The minimum atomic E-state index is -0.0143. The molecular weight excluding hydrogens is 250 g/mol. The summed E-state index contributed by atoms with van der Waals surface area (Å²) < 4.78 is 0. The number of hydrogen-bond acceptors (Lipinski definition) is 2. The molecule has 0 saturated heterocycles. The third kappa shape index (κ3) is 3.85. The van der Waals surface area contributed by atoms with Gasteiger partial charge in [-0.05, 0) is 48.9 Å². The standard InChI is InChI=1S/C17H21NO2/c1-2-17(10-11-17)13-18-16(20)15-8-6-14(7-9-15)5-3-4-12-19/h6-9,19H,2,4,10-13H2,1H3,(H,18,20). The molecule has 1 aromatic rings. The molecule has 3 heteroatoms. The van der Waals surface area contributed by atoms with Gasteiger partial charge in [0.05, 0.1) is 6.61 Å². The van der Waals surface area contributed by atoms with E-state index in [1.54, 1.807) is 12.1 Å². The van der Waals surface area contributed by atoms with Crippen LogP contribution in [0.15, 0.2) is 24.3 Å². The molecule has 1 aliphatic carbocycles. The van der Waals surface area contributed by atoms with Crippen molar-refractivity contribution in [3.63, 3.8) is 0 Å². The van der Waals surface area contributed by atoms with Gasteiger partial charge in [0.1, 0.15) is 0 Å². The van der Waals surface area contributed by atoms with Crippen LogP contribution in [0, 0.1) is 17.3 Å². The van der Waals surface area contributed by atoms with Gasteiger partial charge >= 0.3 is 0 Å². The first kappa shape index (κ1) is 14.6. The Morgan fingerprint density at radius 3 is 2.60 bits per heavy atom. The average Bonchev–Trinajstić information content (AvgIpc) is 3.26. The number of carbonyl (C=O) groups is 1.